The minimum atomic E-state index is -3.13. The fourth-order valence-corrected chi connectivity index (χ4v) is 1.34. The fraction of sp³-hybridized carbons (Fsp3) is 1.00. The van der Waals surface area contributed by atoms with E-state index in [1.807, 2.05) is 5.32 Å². The largest absolute Gasteiger partial charge is 0.314 e. The summed E-state index contributed by atoms with van der Waals surface area (Å²) in [5.41, 5.74) is -1.22. The van der Waals surface area contributed by atoms with E-state index in [0.717, 1.165) is 0 Å². The molecule has 2 bridgehead atoms. The summed E-state index contributed by atoms with van der Waals surface area (Å²) in [6.07, 6.45) is -6.26. The predicted octanol–water partition coefficient (Wildman–Crippen LogP) is 1.22. The van der Waals surface area contributed by atoms with Crippen molar-refractivity contribution >= 4 is 0 Å². The molecule has 2 aliphatic heterocycles. The number of nitrogens with one attached hydrogen (secondary N) is 1. The number of hydrogen-bond acceptors (Lipinski definition) is 2. The molecule has 0 spiro atoms. The van der Waals surface area contributed by atoms with Gasteiger partial charge in [-0.2, -0.15) is 0 Å². The lowest BCUT2D eigenvalue weighted by Crippen LogP contribution is -2.58. The topological polar surface area (TPSA) is 15.3 Å². The van der Waals surface area contributed by atoms with Gasteiger partial charge in [-0.3, -0.25) is 4.90 Å². The Balaban J connectivity index is 2.98. The van der Waals surface area contributed by atoms with Crippen molar-refractivity contribution in [3.8, 4) is 0 Å². The van der Waals surface area contributed by atoms with Crippen molar-refractivity contribution in [1.29, 1.82) is 0 Å². The van der Waals surface area contributed by atoms with E-state index in [0.29, 0.717) is 4.90 Å². The monoisotopic (exact) mass is 178 g/mol. The zero-order valence-corrected chi connectivity index (χ0v) is 7.45. The maximum atomic E-state index is 8.47. The zero-order chi connectivity index (χ0) is 17.8. The third-order valence-corrected chi connectivity index (χ3v) is 1.78. The van der Waals surface area contributed by atoms with Crippen molar-refractivity contribution in [3.05, 3.63) is 0 Å². The van der Waals surface area contributed by atoms with Crippen LogP contribution in [0.4, 0.5) is 0 Å². The van der Waals surface area contributed by atoms with E-state index in [1.54, 1.807) is 0 Å². The smallest absolute Gasteiger partial charge is 0.0481 e. The molecule has 2 saturated heterocycles. The van der Waals surface area contributed by atoms with E-state index in [1.165, 1.54) is 20.8 Å². The van der Waals surface area contributed by atoms with E-state index in [4.69, 9.17) is 13.7 Å². The molecule has 2 heteroatoms. The Hall–Kier alpha value is -0.0800. The molecule has 2 heterocycles. The Bertz CT molecular complexity index is 474. The van der Waals surface area contributed by atoms with Gasteiger partial charge >= 0.3 is 0 Å². The maximum Gasteiger partial charge on any atom is 0.0481 e. The van der Waals surface area contributed by atoms with Crippen LogP contribution in [0.3, 0.4) is 0 Å². The van der Waals surface area contributed by atoms with Crippen LogP contribution in [0.15, 0.2) is 0 Å². The van der Waals surface area contributed by atoms with Gasteiger partial charge in [0.25, 0.3) is 0 Å². The van der Waals surface area contributed by atoms with E-state index >= 15 is 0 Å². The van der Waals surface area contributed by atoms with Gasteiger partial charge in [0.15, 0.2) is 0 Å². The molecule has 1 N–H and O–H groups in total. The highest BCUT2D eigenvalue weighted by Gasteiger charge is 2.41. The lowest BCUT2D eigenvalue weighted by atomic mass is 10.0. The van der Waals surface area contributed by atoms with Gasteiger partial charge in [0.1, 0.15) is 0 Å². The molecule has 2 rings (SSSR count). The van der Waals surface area contributed by atoms with Gasteiger partial charge in [-0.1, -0.05) is 0 Å². The Morgan fingerprint density at radius 1 is 1.33 bits per heavy atom. The van der Waals surface area contributed by atoms with E-state index in [2.05, 4.69) is 0 Å². The van der Waals surface area contributed by atoms with Crippen molar-refractivity contribution < 1.29 is 13.7 Å². The molecular weight excluding hydrogens is 148 g/mol. The molecule has 0 saturated carbocycles. The highest BCUT2D eigenvalue weighted by molar-refractivity contribution is 4.99. The standard InChI is InChI=1S/C10H20N2/c1-10(2,3)12-8-4-5-9(12)7-11-6-8/h8-9,11H,4-7H2,1-3H3/i4D2,5D2,6D2,7D2,8D,9D. The second-order valence-corrected chi connectivity index (χ2v) is 3.83. The van der Waals surface area contributed by atoms with Gasteiger partial charge in [-0.25, -0.2) is 0 Å². The second kappa shape index (κ2) is 2.71. The average molecular weight is 178 g/mol. The van der Waals surface area contributed by atoms with Crippen LogP contribution in [-0.4, -0.2) is 35.5 Å². The molecule has 2 aliphatic rings. The molecular formula is C10H20N2. The fourth-order valence-electron chi connectivity index (χ4n) is 1.34. The molecule has 0 aliphatic carbocycles. The van der Waals surface area contributed by atoms with Crippen LogP contribution in [0, 0.1) is 0 Å². The molecule has 0 aromatic carbocycles. The molecule has 0 amide bonds. The molecule has 70 valence electrons. The van der Waals surface area contributed by atoms with Crippen LogP contribution in [0.25, 0.3) is 0 Å². The normalized spacial score (nSPS) is 78.6. The Morgan fingerprint density at radius 3 is 2.25 bits per heavy atom. The third-order valence-electron chi connectivity index (χ3n) is 1.78. The first-order valence-corrected chi connectivity index (χ1v) is 3.92. The number of nitrogens with zero attached hydrogens (tertiary/aromatic N) is 1. The van der Waals surface area contributed by atoms with Gasteiger partial charge in [-0.15, -0.1) is 0 Å². The van der Waals surface area contributed by atoms with Gasteiger partial charge in [0.2, 0.25) is 0 Å². The second-order valence-electron chi connectivity index (χ2n) is 3.83. The summed E-state index contributed by atoms with van der Waals surface area (Å²) in [6.45, 7) is -1.39. The van der Waals surface area contributed by atoms with E-state index in [-0.39, 0.29) is 0 Å². The van der Waals surface area contributed by atoms with Crippen LogP contribution in [0.2, 0.25) is 0 Å². The number of fused-ring (bicyclic) bond motifs is 2. The van der Waals surface area contributed by atoms with Crippen molar-refractivity contribution in [2.45, 2.75) is 51.1 Å². The molecule has 0 aromatic heterocycles. The summed E-state index contributed by atoms with van der Waals surface area (Å²) >= 11 is 0. The van der Waals surface area contributed by atoms with Crippen molar-refractivity contribution in [2.75, 3.05) is 13.0 Å². The summed E-state index contributed by atoms with van der Waals surface area (Å²) in [6, 6.07) is -5.65. The first kappa shape index (κ1) is 2.71. The van der Waals surface area contributed by atoms with Gasteiger partial charge in [-0.05, 0) is 33.5 Å². The third kappa shape index (κ3) is 1.27. The molecule has 0 aromatic rings. The summed E-state index contributed by atoms with van der Waals surface area (Å²) in [5.74, 6) is 0. The first-order chi connectivity index (χ1) is 9.32. The number of rotatable bonds is 0. The predicted molar refractivity (Wildman–Crippen MR) is 51.3 cm³/mol. The minimum Gasteiger partial charge on any atom is -0.314 e. The molecule has 2 fully saturated rings. The molecule has 2 atom stereocenters. The van der Waals surface area contributed by atoms with Crippen LogP contribution in [-0.2, 0) is 0 Å². The van der Waals surface area contributed by atoms with Gasteiger partial charge < -0.3 is 5.32 Å². The summed E-state index contributed by atoms with van der Waals surface area (Å²) in [7, 11) is 0. The summed E-state index contributed by atoms with van der Waals surface area (Å²) in [4.78, 5) is 0.698. The number of hydrogen-bond donors (Lipinski definition) is 1. The average Bonchev–Trinajstić information content (AvgIpc) is 2.30. The van der Waals surface area contributed by atoms with Crippen LogP contribution >= 0.6 is 0 Å². The van der Waals surface area contributed by atoms with Crippen LogP contribution in [0.1, 0.15) is 47.2 Å². The van der Waals surface area contributed by atoms with Crippen molar-refractivity contribution in [3.63, 3.8) is 0 Å². The van der Waals surface area contributed by atoms with Gasteiger partial charge in [0.05, 0.1) is 0 Å². The summed E-state index contributed by atoms with van der Waals surface area (Å²) in [5, 5.41) is 1.86. The minimum absolute atomic E-state index is 0.698. The molecule has 12 heavy (non-hydrogen) atoms. The van der Waals surface area contributed by atoms with Crippen LogP contribution in [0.5, 0.6) is 0 Å². The lowest BCUT2D eigenvalue weighted by molar-refractivity contribution is 0.0539. The van der Waals surface area contributed by atoms with Crippen molar-refractivity contribution in [1.82, 2.24) is 10.2 Å². The Morgan fingerprint density at radius 2 is 1.83 bits per heavy atom. The van der Waals surface area contributed by atoms with E-state index < -0.39 is 43.3 Å². The zero-order valence-electron chi connectivity index (χ0n) is 17.4. The quantitative estimate of drug-likeness (QED) is 0.600. The van der Waals surface area contributed by atoms with Crippen molar-refractivity contribution in [2.24, 2.45) is 0 Å². The van der Waals surface area contributed by atoms with Gasteiger partial charge in [0, 0.05) is 44.3 Å². The lowest BCUT2D eigenvalue weighted by Gasteiger charge is -2.44. The number of piperazine rings is 1. The summed E-state index contributed by atoms with van der Waals surface area (Å²) < 4.78 is 81.2. The highest BCUT2D eigenvalue weighted by atomic mass is 15.3. The highest BCUT2D eigenvalue weighted by Crippen LogP contribution is 2.33. The first-order valence-electron chi connectivity index (χ1n) is 8.92. The SMILES string of the molecule is [2H]C1([2H])NC([2H])([2H])C2([2H])N(C(C)(C)C)C1([2H])C([2H])([2H])C2([2H])[2H]. The molecule has 2 nitrogen and oxygen atoms in total. The van der Waals surface area contributed by atoms with E-state index in [9.17, 15) is 0 Å². The molecule has 0 radical (unpaired) electrons. The Kier molecular flexibility index (Phi) is 0.611. The van der Waals surface area contributed by atoms with Crippen LogP contribution < -0.4 is 5.32 Å². The maximum absolute atomic E-state index is 8.47. The Labute approximate surface area is 89.4 Å². The molecule has 2 unspecified atom stereocenters.